The Morgan fingerprint density at radius 3 is 2.40 bits per heavy atom. The van der Waals surface area contributed by atoms with Crippen LogP contribution in [0.4, 0.5) is 11.4 Å². The number of ether oxygens (including phenoxy) is 1. The second-order valence-corrected chi connectivity index (χ2v) is 9.96. The molecule has 0 radical (unpaired) electrons. The van der Waals surface area contributed by atoms with Crippen molar-refractivity contribution in [1.29, 1.82) is 0 Å². The van der Waals surface area contributed by atoms with E-state index in [4.69, 9.17) is 16.3 Å². The summed E-state index contributed by atoms with van der Waals surface area (Å²) in [7, 11) is 0. The Morgan fingerprint density at radius 1 is 1.00 bits per heavy atom. The second kappa shape index (κ2) is 12.3. The van der Waals surface area contributed by atoms with Gasteiger partial charge in [-0.25, -0.2) is 0 Å². The van der Waals surface area contributed by atoms with Crippen molar-refractivity contribution in [2.75, 3.05) is 43.0 Å². The van der Waals surface area contributed by atoms with Crippen LogP contribution in [0.1, 0.15) is 63.4 Å². The van der Waals surface area contributed by atoms with Crippen LogP contribution in [-0.4, -0.2) is 49.5 Å². The van der Waals surface area contributed by atoms with Gasteiger partial charge in [0.15, 0.2) is 6.61 Å². The van der Waals surface area contributed by atoms with Gasteiger partial charge < -0.3 is 19.9 Å². The zero-order valence-electron chi connectivity index (χ0n) is 20.6. The second-order valence-electron chi connectivity index (χ2n) is 9.52. The van der Waals surface area contributed by atoms with Crippen LogP contribution in [0, 0.1) is 0 Å². The van der Waals surface area contributed by atoms with E-state index in [0.717, 1.165) is 12.1 Å². The minimum Gasteiger partial charge on any atom is -0.484 e. The van der Waals surface area contributed by atoms with Gasteiger partial charge in [-0.2, -0.15) is 0 Å². The third-order valence-corrected chi connectivity index (χ3v) is 7.23. The van der Waals surface area contributed by atoms with E-state index in [1.807, 2.05) is 36.1 Å². The summed E-state index contributed by atoms with van der Waals surface area (Å²) in [6.07, 6.45) is 7.92. The van der Waals surface area contributed by atoms with Crippen LogP contribution in [0.15, 0.2) is 42.5 Å². The summed E-state index contributed by atoms with van der Waals surface area (Å²) < 4.78 is 5.76. The molecule has 2 aromatic rings. The highest BCUT2D eigenvalue weighted by Gasteiger charge is 2.23. The molecule has 2 aromatic carbocycles. The van der Waals surface area contributed by atoms with Gasteiger partial charge in [0, 0.05) is 37.6 Å². The number of nitrogens with one attached hydrogen (secondary N) is 1. The van der Waals surface area contributed by atoms with E-state index in [1.165, 1.54) is 37.7 Å². The fourth-order valence-electron chi connectivity index (χ4n) is 5.06. The molecule has 7 heteroatoms. The van der Waals surface area contributed by atoms with E-state index in [-0.39, 0.29) is 18.4 Å². The normalized spacial score (nSPS) is 16.7. The average molecular weight is 498 g/mol. The fourth-order valence-corrected chi connectivity index (χ4v) is 5.23. The van der Waals surface area contributed by atoms with Gasteiger partial charge in [0.25, 0.3) is 5.91 Å². The molecular weight excluding hydrogens is 462 g/mol. The van der Waals surface area contributed by atoms with Crippen LogP contribution >= 0.6 is 11.6 Å². The third kappa shape index (κ3) is 6.91. The van der Waals surface area contributed by atoms with Gasteiger partial charge in [0.1, 0.15) is 5.75 Å². The molecule has 1 N–H and O–H groups in total. The summed E-state index contributed by atoms with van der Waals surface area (Å²) >= 11 is 6.24. The van der Waals surface area contributed by atoms with E-state index >= 15 is 0 Å². The van der Waals surface area contributed by atoms with E-state index in [9.17, 15) is 9.59 Å². The van der Waals surface area contributed by atoms with Crippen LogP contribution in [-0.2, 0) is 9.59 Å². The smallest absolute Gasteiger partial charge is 0.262 e. The molecule has 6 nitrogen and oxygen atoms in total. The fraction of sp³-hybridized carbons (Fsp3) is 0.500. The maximum atomic E-state index is 12.7. The summed E-state index contributed by atoms with van der Waals surface area (Å²) in [6, 6.07) is 13.7. The van der Waals surface area contributed by atoms with Gasteiger partial charge >= 0.3 is 0 Å². The first-order chi connectivity index (χ1) is 17.0. The number of carbonyl (C=O) groups is 2. The Bertz CT molecular complexity index is 997. The third-order valence-electron chi connectivity index (χ3n) is 7.00. The number of hydrogen-bond donors (Lipinski definition) is 1. The standard InChI is InChI=1S/C28H36ClN3O3/c1-2-6-28(34)32-17-15-31(16-18-32)26-14-11-23(29)19-25(26)30-27(33)20-35-24-12-9-22(10-13-24)21-7-4-3-5-8-21/h9-14,19,21H,2-8,15-18,20H2,1H3,(H,30,33). The number of carbonyl (C=O) groups excluding carboxylic acids is 2. The van der Waals surface area contributed by atoms with Gasteiger partial charge in [0.05, 0.1) is 11.4 Å². The van der Waals surface area contributed by atoms with Crippen LogP contribution in [0.2, 0.25) is 5.02 Å². The highest BCUT2D eigenvalue weighted by Crippen LogP contribution is 2.33. The number of halogens is 1. The molecular formula is C28H36ClN3O3. The molecule has 2 amide bonds. The monoisotopic (exact) mass is 497 g/mol. The highest BCUT2D eigenvalue weighted by atomic mass is 35.5. The lowest BCUT2D eigenvalue weighted by Gasteiger charge is -2.37. The van der Waals surface area contributed by atoms with Crippen LogP contribution in [0.3, 0.4) is 0 Å². The van der Waals surface area contributed by atoms with Gasteiger partial charge in [0.2, 0.25) is 5.91 Å². The molecule has 1 saturated carbocycles. The molecule has 0 spiro atoms. The van der Waals surface area contributed by atoms with Crippen molar-refractivity contribution in [2.45, 2.75) is 57.8 Å². The summed E-state index contributed by atoms with van der Waals surface area (Å²) in [5.41, 5.74) is 2.93. The molecule has 35 heavy (non-hydrogen) atoms. The highest BCUT2D eigenvalue weighted by molar-refractivity contribution is 6.31. The minimum atomic E-state index is -0.235. The molecule has 1 aliphatic carbocycles. The van der Waals surface area contributed by atoms with Crippen molar-refractivity contribution in [3.8, 4) is 5.75 Å². The van der Waals surface area contributed by atoms with E-state index in [1.54, 1.807) is 6.07 Å². The molecule has 0 aromatic heterocycles. The Labute approximate surface area is 213 Å². The van der Waals surface area contributed by atoms with Crippen molar-refractivity contribution in [3.05, 3.63) is 53.1 Å². The zero-order valence-corrected chi connectivity index (χ0v) is 21.4. The van der Waals surface area contributed by atoms with Crippen molar-refractivity contribution in [3.63, 3.8) is 0 Å². The minimum absolute atomic E-state index is 0.0754. The quantitative estimate of drug-likeness (QED) is 0.496. The van der Waals surface area contributed by atoms with Crippen LogP contribution in [0.5, 0.6) is 5.75 Å². The SMILES string of the molecule is CCCC(=O)N1CCN(c2ccc(Cl)cc2NC(=O)COc2ccc(C3CCCCC3)cc2)CC1. The van der Waals surface area contributed by atoms with Gasteiger partial charge in [-0.3, -0.25) is 9.59 Å². The molecule has 1 heterocycles. The largest absolute Gasteiger partial charge is 0.484 e. The first-order valence-corrected chi connectivity index (χ1v) is 13.3. The number of benzene rings is 2. The van der Waals surface area contributed by atoms with E-state index in [2.05, 4.69) is 22.3 Å². The number of piperazine rings is 1. The number of nitrogens with zero attached hydrogens (tertiary/aromatic N) is 2. The Morgan fingerprint density at radius 2 is 1.71 bits per heavy atom. The van der Waals surface area contributed by atoms with E-state index < -0.39 is 0 Å². The summed E-state index contributed by atoms with van der Waals surface area (Å²) in [6.45, 7) is 4.72. The molecule has 0 bridgehead atoms. The van der Waals surface area contributed by atoms with Crippen molar-refractivity contribution < 1.29 is 14.3 Å². The number of anilines is 2. The zero-order chi connectivity index (χ0) is 24.6. The molecule has 4 rings (SSSR count). The molecule has 2 aliphatic rings. The predicted octanol–water partition coefficient (Wildman–Crippen LogP) is 5.85. The van der Waals surface area contributed by atoms with Gasteiger partial charge in [-0.05, 0) is 61.1 Å². The summed E-state index contributed by atoms with van der Waals surface area (Å²) in [5.74, 6) is 1.32. The first-order valence-electron chi connectivity index (χ1n) is 12.9. The number of hydrogen-bond acceptors (Lipinski definition) is 4. The number of amides is 2. The topological polar surface area (TPSA) is 61.9 Å². The number of rotatable bonds is 8. The van der Waals surface area contributed by atoms with Gasteiger partial charge in [-0.1, -0.05) is 49.9 Å². The molecule has 1 aliphatic heterocycles. The average Bonchev–Trinajstić information content (AvgIpc) is 2.89. The Kier molecular flexibility index (Phi) is 8.91. The van der Waals surface area contributed by atoms with Crippen molar-refractivity contribution >= 4 is 34.8 Å². The lowest BCUT2D eigenvalue weighted by Crippen LogP contribution is -2.49. The molecule has 0 atom stereocenters. The maximum Gasteiger partial charge on any atom is 0.262 e. The molecule has 1 saturated heterocycles. The summed E-state index contributed by atoms with van der Waals surface area (Å²) in [5, 5.41) is 3.52. The summed E-state index contributed by atoms with van der Waals surface area (Å²) in [4.78, 5) is 29.0. The molecule has 0 unspecified atom stereocenters. The van der Waals surface area contributed by atoms with Crippen LogP contribution < -0.4 is 15.0 Å². The van der Waals surface area contributed by atoms with Crippen molar-refractivity contribution in [1.82, 2.24) is 4.90 Å². The first kappa shape index (κ1) is 25.4. The van der Waals surface area contributed by atoms with Crippen molar-refractivity contribution in [2.24, 2.45) is 0 Å². The molecule has 2 fully saturated rings. The lowest BCUT2D eigenvalue weighted by atomic mass is 9.84. The molecule has 188 valence electrons. The predicted molar refractivity (Wildman–Crippen MR) is 142 cm³/mol. The Balaban J connectivity index is 1.32. The maximum absolute atomic E-state index is 12.7. The van der Waals surface area contributed by atoms with Crippen LogP contribution in [0.25, 0.3) is 0 Å². The lowest BCUT2D eigenvalue weighted by molar-refractivity contribution is -0.131. The van der Waals surface area contributed by atoms with E-state index in [0.29, 0.717) is 55.0 Å². The van der Waals surface area contributed by atoms with Gasteiger partial charge in [-0.15, -0.1) is 0 Å². The Hall–Kier alpha value is -2.73.